The fourth-order valence-electron chi connectivity index (χ4n) is 5.51. The van der Waals surface area contributed by atoms with Crippen LogP contribution in [0.3, 0.4) is 0 Å². The SMILES string of the molecule is CO[C@H]1CC[C@@H](C(=O)N(C)c2ccc3cc(-c4n[nH]c5c4CCC(C)(CO)C5)[nH]c3c2)CC1. The first-order chi connectivity index (χ1) is 15.9. The van der Waals surface area contributed by atoms with Gasteiger partial charge in [0.05, 0.1) is 11.8 Å². The van der Waals surface area contributed by atoms with Gasteiger partial charge in [0.15, 0.2) is 0 Å². The predicted octanol–water partition coefficient (Wildman–Crippen LogP) is 4.21. The van der Waals surface area contributed by atoms with E-state index in [2.05, 4.69) is 40.3 Å². The summed E-state index contributed by atoms with van der Waals surface area (Å²) in [7, 11) is 3.63. The van der Waals surface area contributed by atoms with Crippen molar-refractivity contribution < 1.29 is 14.6 Å². The molecule has 7 nitrogen and oxygen atoms in total. The number of hydrogen-bond acceptors (Lipinski definition) is 4. The van der Waals surface area contributed by atoms with E-state index < -0.39 is 0 Å². The molecule has 3 N–H and O–H groups in total. The van der Waals surface area contributed by atoms with Crippen LogP contribution in [-0.4, -0.2) is 53.1 Å². The summed E-state index contributed by atoms with van der Waals surface area (Å²) in [6, 6.07) is 8.27. The molecule has 33 heavy (non-hydrogen) atoms. The highest BCUT2D eigenvalue weighted by atomic mass is 16.5. The normalized spacial score (nSPS) is 25.2. The van der Waals surface area contributed by atoms with Crippen molar-refractivity contribution in [3.63, 3.8) is 0 Å². The van der Waals surface area contributed by atoms with Gasteiger partial charge in [-0.2, -0.15) is 5.10 Å². The van der Waals surface area contributed by atoms with Crippen molar-refractivity contribution in [3.8, 4) is 11.4 Å². The van der Waals surface area contributed by atoms with Crippen molar-refractivity contribution >= 4 is 22.5 Å². The standard InChI is InChI=1S/C26H34N4O3/c1-26(15-31)11-10-20-23(14-26)28-29-24(20)22-12-17-4-7-18(13-21(17)27-22)30(2)25(32)16-5-8-19(33-3)9-6-16/h4,7,12-13,16,19,27,31H,5-6,8-11,14-15H2,1-3H3,(H,28,29)/t16-,19+,26?. The molecule has 0 spiro atoms. The molecule has 0 saturated heterocycles. The minimum absolute atomic E-state index is 0.0662. The van der Waals surface area contributed by atoms with E-state index in [-0.39, 0.29) is 23.8 Å². The number of aliphatic hydroxyl groups is 1. The third kappa shape index (κ3) is 4.08. The predicted molar refractivity (Wildman–Crippen MR) is 129 cm³/mol. The fourth-order valence-corrected chi connectivity index (χ4v) is 5.51. The van der Waals surface area contributed by atoms with Gasteiger partial charge < -0.3 is 19.7 Å². The summed E-state index contributed by atoms with van der Waals surface area (Å²) in [6.45, 7) is 2.32. The number of anilines is 1. The molecule has 0 radical (unpaired) electrons. The second-order valence-electron chi connectivity index (χ2n) is 10.2. The number of aliphatic hydroxyl groups excluding tert-OH is 1. The van der Waals surface area contributed by atoms with Crippen LogP contribution in [0.15, 0.2) is 24.3 Å². The number of nitrogens with one attached hydrogen (secondary N) is 2. The van der Waals surface area contributed by atoms with E-state index in [4.69, 9.17) is 4.74 Å². The van der Waals surface area contributed by atoms with Crippen molar-refractivity contribution in [1.29, 1.82) is 0 Å². The quantitative estimate of drug-likeness (QED) is 0.543. The maximum atomic E-state index is 13.1. The largest absolute Gasteiger partial charge is 0.396 e. The number of amides is 1. The number of nitrogens with zero attached hydrogens (tertiary/aromatic N) is 2. The van der Waals surface area contributed by atoms with Crippen LogP contribution in [0.1, 0.15) is 50.3 Å². The first-order valence-electron chi connectivity index (χ1n) is 12.0. The molecule has 1 unspecified atom stereocenters. The molecule has 1 aromatic carbocycles. The van der Waals surface area contributed by atoms with Crippen molar-refractivity contribution in [3.05, 3.63) is 35.5 Å². The van der Waals surface area contributed by atoms with Crippen LogP contribution >= 0.6 is 0 Å². The zero-order valence-electron chi connectivity index (χ0n) is 19.8. The van der Waals surface area contributed by atoms with E-state index in [0.717, 1.165) is 78.6 Å². The Morgan fingerprint density at radius 2 is 2.06 bits per heavy atom. The Morgan fingerprint density at radius 3 is 2.79 bits per heavy atom. The number of carbonyl (C=O) groups is 1. The Labute approximate surface area is 194 Å². The summed E-state index contributed by atoms with van der Waals surface area (Å²) in [5, 5.41) is 18.7. The molecular weight excluding hydrogens is 416 g/mol. The molecular formula is C26H34N4O3. The van der Waals surface area contributed by atoms with Gasteiger partial charge in [-0.25, -0.2) is 0 Å². The molecule has 2 aliphatic carbocycles. The van der Waals surface area contributed by atoms with Crippen LogP contribution in [0, 0.1) is 11.3 Å². The highest BCUT2D eigenvalue weighted by Crippen LogP contribution is 2.38. The second-order valence-corrected chi connectivity index (χ2v) is 10.2. The van der Waals surface area contributed by atoms with Crippen molar-refractivity contribution in [1.82, 2.24) is 15.2 Å². The minimum atomic E-state index is -0.0773. The summed E-state index contributed by atoms with van der Waals surface area (Å²) in [4.78, 5) is 18.4. The van der Waals surface area contributed by atoms with Gasteiger partial charge in [0, 0.05) is 54.5 Å². The Balaban J connectivity index is 1.36. The number of hydrogen-bond donors (Lipinski definition) is 3. The van der Waals surface area contributed by atoms with Gasteiger partial charge in [0.25, 0.3) is 0 Å². The molecule has 1 atom stereocenters. The number of aromatic amines is 2. The van der Waals surface area contributed by atoms with E-state index in [0.29, 0.717) is 6.10 Å². The van der Waals surface area contributed by atoms with Crippen LogP contribution in [0.2, 0.25) is 0 Å². The Bertz CT molecular complexity index is 1160. The third-order valence-electron chi connectivity index (χ3n) is 7.85. The van der Waals surface area contributed by atoms with Gasteiger partial charge in [0.1, 0.15) is 5.69 Å². The first-order valence-corrected chi connectivity index (χ1v) is 12.0. The molecule has 0 bridgehead atoms. The van der Waals surface area contributed by atoms with E-state index in [1.54, 1.807) is 12.0 Å². The summed E-state index contributed by atoms with van der Waals surface area (Å²) < 4.78 is 5.45. The number of fused-ring (bicyclic) bond motifs is 2. The average molecular weight is 451 g/mol. The topological polar surface area (TPSA) is 94.2 Å². The number of methoxy groups -OCH3 is 1. The first kappa shape index (κ1) is 22.2. The summed E-state index contributed by atoms with van der Waals surface area (Å²) >= 11 is 0. The van der Waals surface area contributed by atoms with Gasteiger partial charge in [-0.3, -0.25) is 9.89 Å². The van der Waals surface area contributed by atoms with Gasteiger partial charge in [-0.15, -0.1) is 0 Å². The lowest BCUT2D eigenvalue weighted by atomic mass is 9.75. The number of ether oxygens (including phenoxy) is 1. The maximum Gasteiger partial charge on any atom is 0.229 e. The van der Waals surface area contributed by atoms with Crippen molar-refractivity contribution in [2.75, 3.05) is 25.7 Å². The molecule has 7 heteroatoms. The molecule has 2 aromatic heterocycles. The number of aromatic nitrogens is 3. The third-order valence-corrected chi connectivity index (χ3v) is 7.85. The van der Waals surface area contributed by atoms with Crippen molar-refractivity contribution in [2.45, 2.75) is 58.0 Å². The Kier molecular flexibility index (Phi) is 5.79. The average Bonchev–Trinajstić information content (AvgIpc) is 3.46. The maximum absolute atomic E-state index is 13.1. The molecule has 1 fully saturated rings. The van der Waals surface area contributed by atoms with E-state index in [9.17, 15) is 9.90 Å². The lowest BCUT2D eigenvalue weighted by Gasteiger charge is -2.31. The van der Waals surface area contributed by atoms with Gasteiger partial charge in [-0.05, 0) is 68.6 Å². The molecule has 1 saturated carbocycles. The van der Waals surface area contributed by atoms with E-state index in [1.807, 2.05) is 13.1 Å². The summed E-state index contributed by atoms with van der Waals surface area (Å²) in [5.74, 6) is 0.250. The van der Waals surface area contributed by atoms with Gasteiger partial charge in [-0.1, -0.05) is 13.0 Å². The van der Waals surface area contributed by atoms with E-state index in [1.165, 1.54) is 5.56 Å². The number of carbonyl (C=O) groups excluding carboxylic acids is 1. The number of H-pyrrole nitrogens is 2. The lowest BCUT2D eigenvalue weighted by Crippen LogP contribution is -2.36. The number of rotatable bonds is 5. The zero-order chi connectivity index (χ0) is 23.2. The fraction of sp³-hybridized carbons (Fsp3) is 0.538. The van der Waals surface area contributed by atoms with Gasteiger partial charge >= 0.3 is 0 Å². The highest BCUT2D eigenvalue weighted by molar-refractivity contribution is 5.97. The summed E-state index contributed by atoms with van der Waals surface area (Å²) in [5.41, 5.74) is 6.13. The van der Waals surface area contributed by atoms with Crippen LogP contribution < -0.4 is 4.90 Å². The number of benzene rings is 1. The molecule has 2 heterocycles. The van der Waals surface area contributed by atoms with Gasteiger partial charge in [0.2, 0.25) is 5.91 Å². The van der Waals surface area contributed by atoms with Crippen LogP contribution in [0.25, 0.3) is 22.3 Å². The summed E-state index contributed by atoms with van der Waals surface area (Å²) in [6.07, 6.45) is 6.63. The highest BCUT2D eigenvalue weighted by Gasteiger charge is 2.33. The molecule has 0 aliphatic heterocycles. The van der Waals surface area contributed by atoms with Crippen LogP contribution in [0.5, 0.6) is 0 Å². The Hall–Kier alpha value is -2.64. The van der Waals surface area contributed by atoms with Crippen LogP contribution in [0.4, 0.5) is 5.69 Å². The molecule has 2 aliphatic rings. The molecule has 176 valence electrons. The molecule has 5 rings (SSSR count). The smallest absolute Gasteiger partial charge is 0.229 e. The minimum Gasteiger partial charge on any atom is -0.396 e. The lowest BCUT2D eigenvalue weighted by molar-refractivity contribution is -0.123. The van der Waals surface area contributed by atoms with Crippen molar-refractivity contribution in [2.24, 2.45) is 11.3 Å². The molecule has 3 aromatic rings. The Morgan fingerprint density at radius 1 is 1.27 bits per heavy atom. The van der Waals surface area contributed by atoms with Crippen LogP contribution in [-0.2, 0) is 22.4 Å². The van der Waals surface area contributed by atoms with E-state index >= 15 is 0 Å². The second kappa shape index (κ2) is 8.61. The monoisotopic (exact) mass is 450 g/mol. The molecule has 1 amide bonds. The zero-order valence-corrected chi connectivity index (χ0v) is 19.8.